The van der Waals surface area contributed by atoms with E-state index in [1.54, 1.807) is 17.3 Å². The number of amides is 1. The lowest BCUT2D eigenvalue weighted by Crippen LogP contribution is -2.38. The first-order valence-electron chi connectivity index (χ1n) is 8.69. The van der Waals surface area contributed by atoms with Crippen molar-refractivity contribution in [2.24, 2.45) is 0 Å². The fourth-order valence-electron chi connectivity index (χ4n) is 3.55. The Labute approximate surface area is 152 Å². The fourth-order valence-corrected chi connectivity index (χ4v) is 3.55. The number of nitrogens with one attached hydrogen (secondary N) is 1. The summed E-state index contributed by atoms with van der Waals surface area (Å²) in [5.74, 6) is -0.0314. The maximum atomic E-state index is 11.9. The van der Waals surface area contributed by atoms with E-state index < -0.39 is 0 Å². The van der Waals surface area contributed by atoms with Crippen molar-refractivity contribution >= 4 is 22.6 Å². The molecule has 0 saturated carbocycles. The summed E-state index contributed by atoms with van der Waals surface area (Å²) in [5.41, 5.74) is 4.18. The number of rotatable bonds is 4. The average Bonchev–Trinajstić information content (AvgIpc) is 3.34. The molecule has 6 nitrogen and oxygen atoms in total. The first kappa shape index (κ1) is 16.3. The third-order valence-corrected chi connectivity index (χ3v) is 5.11. The number of nitrogens with zero attached hydrogens (tertiary/aromatic N) is 4. The van der Waals surface area contributed by atoms with Gasteiger partial charge in [0, 0.05) is 49.7 Å². The van der Waals surface area contributed by atoms with Crippen LogP contribution in [0.5, 0.6) is 0 Å². The van der Waals surface area contributed by atoms with E-state index in [-0.39, 0.29) is 11.9 Å². The van der Waals surface area contributed by atoms with Gasteiger partial charge in [-0.25, -0.2) is 4.98 Å². The molecular formula is C20H21N5O. The molecule has 0 aromatic carbocycles. The first-order valence-corrected chi connectivity index (χ1v) is 8.69. The van der Waals surface area contributed by atoms with E-state index >= 15 is 0 Å². The smallest absolute Gasteiger partial charge is 0.246 e. The van der Waals surface area contributed by atoms with Gasteiger partial charge in [0.15, 0.2) is 0 Å². The molecule has 0 radical (unpaired) electrons. The van der Waals surface area contributed by atoms with Crippen molar-refractivity contribution in [3.63, 3.8) is 0 Å². The summed E-state index contributed by atoms with van der Waals surface area (Å²) in [6, 6.07) is 6.36. The van der Waals surface area contributed by atoms with Crippen LogP contribution in [0.15, 0.2) is 55.6 Å². The lowest BCUT2D eigenvalue weighted by molar-refractivity contribution is -0.126. The molecule has 4 rings (SSSR count). The van der Waals surface area contributed by atoms with Crippen molar-refractivity contribution in [3.05, 3.63) is 55.6 Å². The molecule has 1 aliphatic heterocycles. The van der Waals surface area contributed by atoms with Gasteiger partial charge in [-0.2, -0.15) is 0 Å². The highest BCUT2D eigenvalue weighted by molar-refractivity contribution is 5.95. The molecule has 26 heavy (non-hydrogen) atoms. The summed E-state index contributed by atoms with van der Waals surface area (Å²) in [5, 5.41) is 1.09. The third-order valence-electron chi connectivity index (χ3n) is 5.11. The Morgan fingerprint density at radius 1 is 1.42 bits per heavy atom. The van der Waals surface area contributed by atoms with E-state index in [2.05, 4.69) is 32.5 Å². The molecule has 4 heterocycles. The van der Waals surface area contributed by atoms with Crippen LogP contribution >= 0.6 is 0 Å². The van der Waals surface area contributed by atoms with Gasteiger partial charge in [-0.05, 0) is 36.3 Å². The second-order valence-corrected chi connectivity index (χ2v) is 6.57. The molecule has 1 unspecified atom stereocenters. The Balaban J connectivity index is 1.62. The monoisotopic (exact) mass is 347 g/mol. The van der Waals surface area contributed by atoms with Crippen molar-refractivity contribution < 1.29 is 4.79 Å². The normalized spacial score (nSPS) is 16.8. The zero-order valence-corrected chi connectivity index (χ0v) is 14.7. The minimum atomic E-state index is -0.0314. The molecule has 1 N–H and O–H groups in total. The molecule has 1 saturated heterocycles. The lowest BCUT2D eigenvalue weighted by atomic mass is 10.1. The van der Waals surface area contributed by atoms with E-state index in [9.17, 15) is 4.79 Å². The molecule has 0 spiro atoms. The molecule has 3 aromatic heterocycles. The van der Waals surface area contributed by atoms with Crippen LogP contribution in [0.4, 0.5) is 5.69 Å². The SMILES string of the molecule is C=CC(=O)N(C)C1CCN(c2cnc3[nH]cc(-c4ccncc4)c3c2)C1. The summed E-state index contributed by atoms with van der Waals surface area (Å²) in [7, 11) is 1.84. The van der Waals surface area contributed by atoms with Gasteiger partial charge >= 0.3 is 0 Å². The van der Waals surface area contributed by atoms with Gasteiger partial charge in [0.2, 0.25) is 5.91 Å². The highest BCUT2D eigenvalue weighted by Gasteiger charge is 2.28. The number of aromatic nitrogens is 3. The van der Waals surface area contributed by atoms with Crippen molar-refractivity contribution in [3.8, 4) is 11.1 Å². The van der Waals surface area contributed by atoms with E-state index in [1.807, 2.05) is 31.6 Å². The van der Waals surface area contributed by atoms with E-state index in [0.29, 0.717) is 0 Å². The predicted octanol–water partition coefficient (Wildman–Crippen LogP) is 2.85. The minimum absolute atomic E-state index is 0.0314. The summed E-state index contributed by atoms with van der Waals surface area (Å²) < 4.78 is 0. The maximum absolute atomic E-state index is 11.9. The van der Waals surface area contributed by atoms with Crippen molar-refractivity contribution in [1.29, 1.82) is 0 Å². The molecule has 0 aliphatic carbocycles. The second-order valence-electron chi connectivity index (χ2n) is 6.57. The van der Waals surface area contributed by atoms with Crippen LogP contribution in [0.2, 0.25) is 0 Å². The summed E-state index contributed by atoms with van der Waals surface area (Å²) in [6.07, 6.45) is 9.79. The molecular weight excluding hydrogens is 326 g/mol. The second kappa shape index (κ2) is 6.63. The number of H-pyrrole nitrogens is 1. The summed E-state index contributed by atoms with van der Waals surface area (Å²) >= 11 is 0. The molecule has 132 valence electrons. The number of carbonyl (C=O) groups is 1. The van der Waals surface area contributed by atoms with Crippen LogP contribution in [0.25, 0.3) is 22.2 Å². The molecule has 1 amide bonds. The van der Waals surface area contributed by atoms with Gasteiger partial charge in [-0.3, -0.25) is 9.78 Å². The van der Waals surface area contributed by atoms with Crippen LogP contribution in [0.3, 0.4) is 0 Å². The Morgan fingerprint density at radius 3 is 3.00 bits per heavy atom. The van der Waals surface area contributed by atoms with Gasteiger partial charge < -0.3 is 14.8 Å². The highest BCUT2D eigenvalue weighted by Crippen LogP contribution is 2.31. The number of carbonyl (C=O) groups excluding carboxylic acids is 1. The largest absolute Gasteiger partial charge is 0.368 e. The number of hydrogen-bond donors (Lipinski definition) is 1. The van der Waals surface area contributed by atoms with Crippen molar-refractivity contribution in [2.75, 3.05) is 25.0 Å². The van der Waals surface area contributed by atoms with Crippen LogP contribution < -0.4 is 4.90 Å². The fraction of sp³-hybridized carbons (Fsp3) is 0.250. The van der Waals surface area contributed by atoms with Crippen LogP contribution in [0.1, 0.15) is 6.42 Å². The number of likely N-dealkylation sites (N-methyl/N-ethyl adjacent to an activating group) is 1. The van der Waals surface area contributed by atoms with E-state index in [1.165, 1.54) is 6.08 Å². The lowest BCUT2D eigenvalue weighted by Gasteiger charge is -2.24. The molecule has 3 aromatic rings. The van der Waals surface area contributed by atoms with Gasteiger partial charge in [0.05, 0.1) is 17.9 Å². The molecule has 1 fully saturated rings. The van der Waals surface area contributed by atoms with E-state index in [4.69, 9.17) is 0 Å². The summed E-state index contributed by atoms with van der Waals surface area (Å²) in [6.45, 7) is 5.28. The standard InChI is InChI=1S/C20H21N5O/c1-3-19(26)24(2)15-6-9-25(13-15)16-10-17-18(12-23-20(17)22-11-16)14-4-7-21-8-5-14/h3-5,7-8,10-12,15H,1,6,9,13H2,2H3,(H,22,23). The zero-order chi connectivity index (χ0) is 18.1. The van der Waals surface area contributed by atoms with Gasteiger partial charge in [-0.15, -0.1) is 0 Å². The Kier molecular flexibility index (Phi) is 4.16. The molecule has 1 aliphatic rings. The summed E-state index contributed by atoms with van der Waals surface area (Å²) in [4.78, 5) is 27.8. The van der Waals surface area contributed by atoms with Crippen LogP contribution in [-0.4, -0.2) is 51.9 Å². The molecule has 0 bridgehead atoms. The topological polar surface area (TPSA) is 65.1 Å². The number of hydrogen-bond acceptors (Lipinski definition) is 4. The quantitative estimate of drug-likeness (QED) is 0.737. The van der Waals surface area contributed by atoms with Crippen LogP contribution in [-0.2, 0) is 4.79 Å². The number of anilines is 1. The number of fused-ring (bicyclic) bond motifs is 1. The Morgan fingerprint density at radius 2 is 2.23 bits per heavy atom. The predicted molar refractivity (Wildman–Crippen MR) is 103 cm³/mol. The first-order chi connectivity index (χ1) is 12.7. The van der Waals surface area contributed by atoms with Crippen molar-refractivity contribution in [2.45, 2.75) is 12.5 Å². The Hall–Kier alpha value is -3.15. The van der Waals surface area contributed by atoms with Gasteiger partial charge in [0.1, 0.15) is 5.65 Å². The van der Waals surface area contributed by atoms with E-state index in [0.717, 1.165) is 47.4 Å². The highest BCUT2D eigenvalue weighted by atomic mass is 16.2. The van der Waals surface area contributed by atoms with Crippen molar-refractivity contribution in [1.82, 2.24) is 19.9 Å². The maximum Gasteiger partial charge on any atom is 0.246 e. The van der Waals surface area contributed by atoms with Gasteiger partial charge in [0.25, 0.3) is 0 Å². The minimum Gasteiger partial charge on any atom is -0.368 e. The van der Waals surface area contributed by atoms with Crippen LogP contribution in [0, 0.1) is 0 Å². The third kappa shape index (κ3) is 2.83. The molecule has 6 heteroatoms. The number of pyridine rings is 2. The zero-order valence-electron chi connectivity index (χ0n) is 14.7. The number of aromatic amines is 1. The van der Waals surface area contributed by atoms with Gasteiger partial charge in [-0.1, -0.05) is 6.58 Å². The average molecular weight is 347 g/mol. The Bertz CT molecular complexity index is 949. The molecule has 1 atom stereocenters.